The number of carbonyl (C=O) groups is 2. The average Bonchev–Trinajstić information content (AvgIpc) is 3.20. The van der Waals surface area contributed by atoms with Crippen LogP contribution in [0, 0.1) is 5.92 Å². The van der Waals surface area contributed by atoms with Crippen molar-refractivity contribution in [2.75, 3.05) is 37.5 Å². The van der Waals surface area contributed by atoms with E-state index in [0.717, 1.165) is 0 Å². The van der Waals surface area contributed by atoms with Crippen molar-refractivity contribution in [1.82, 2.24) is 4.90 Å². The minimum absolute atomic E-state index is 0. The topological polar surface area (TPSA) is 103 Å². The number of piperidine rings is 1. The van der Waals surface area contributed by atoms with Gasteiger partial charge in [-0.05, 0) is 25.0 Å². The molecule has 30 heavy (non-hydrogen) atoms. The molecule has 0 aromatic heterocycles. The van der Waals surface area contributed by atoms with Crippen molar-refractivity contribution < 1.29 is 23.8 Å². The first-order chi connectivity index (χ1) is 14.1. The predicted molar refractivity (Wildman–Crippen MR) is 114 cm³/mol. The van der Waals surface area contributed by atoms with Gasteiger partial charge in [0.15, 0.2) is 18.1 Å². The summed E-state index contributed by atoms with van der Waals surface area (Å²) in [5, 5.41) is 2.87. The molecule has 2 aromatic rings. The monoisotopic (exact) mass is 433 g/mol. The van der Waals surface area contributed by atoms with Gasteiger partial charge in [-0.3, -0.25) is 9.59 Å². The number of ether oxygens (including phenoxy) is 3. The standard InChI is InChI=1S/C21H23N3O5.ClH/c22-16-10-18-19(29-13-28-18)11-17(16)23-21(26)14-6-8-24(9-7-14)20(25)12-27-15-4-2-1-3-5-15;/h1-5,10-11,14H,6-9,12-13,22H2,(H,23,26);1H. The van der Waals surface area contributed by atoms with Gasteiger partial charge in [0.25, 0.3) is 5.91 Å². The van der Waals surface area contributed by atoms with E-state index < -0.39 is 0 Å². The number of para-hydroxylation sites is 1. The van der Waals surface area contributed by atoms with Crippen molar-refractivity contribution in [1.29, 1.82) is 0 Å². The van der Waals surface area contributed by atoms with Gasteiger partial charge in [-0.25, -0.2) is 0 Å². The number of fused-ring (bicyclic) bond motifs is 1. The van der Waals surface area contributed by atoms with Crippen molar-refractivity contribution in [3.8, 4) is 17.2 Å². The summed E-state index contributed by atoms with van der Waals surface area (Å²) < 4.78 is 16.1. The number of rotatable bonds is 5. The molecule has 2 aliphatic rings. The number of hydrogen-bond donors (Lipinski definition) is 2. The summed E-state index contributed by atoms with van der Waals surface area (Å²) in [4.78, 5) is 26.7. The van der Waals surface area contributed by atoms with Crippen LogP contribution in [0.25, 0.3) is 0 Å². The molecule has 0 bridgehead atoms. The molecule has 2 aliphatic heterocycles. The van der Waals surface area contributed by atoms with E-state index in [9.17, 15) is 9.59 Å². The van der Waals surface area contributed by atoms with Gasteiger partial charge < -0.3 is 30.2 Å². The molecule has 0 radical (unpaired) electrons. The van der Waals surface area contributed by atoms with E-state index in [1.807, 2.05) is 30.3 Å². The SMILES string of the molecule is Cl.Nc1cc2c(cc1NC(=O)C1CCN(C(=O)COc3ccccc3)CC1)OCO2. The zero-order chi connectivity index (χ0) is 20.2. The lowest BCUT2D eigenvalue weighted by atomic mass is 9.95. The van der Waals surface area contributed by atoms with Crippen LogP contribution in [0.15, 0.2) is 42.5 Å². The molecule has 2 aromatic carbocycles. The van der Waals surface area contributed by atoms with Gasteiger partial charge in [-0.1, -0.05) is 18.2 Å². The number of halogens is 1. The van der Waals surface area contributed by atoms with Gasteiger partial charge in [0, 0.05) is 31.1 Å². The van der Waals surface area contributed by atoms with Crippen LogP contribution in [0.1, 0.15) is 12.8 Å². The minimum Gasteiger partial charge on any atom is -0.484 e. The first-order valence-electron chi connectivity index (χ1n) is 9.56. The van der Waals surface area contributed by atoms with Crippen LogP contribution in [-0.2, 0) is 9.59 Å². The van der Waals surface area contributed by atoms with Crippen LogP contribution in [0.3, 0.4) is 0 Å². The number of likely N-dealkylation sites (tertiary alicyclic amines) is 1. The number of amides is 2. The van der Waals surface area contributed by atoms with Crippen molar-refractivity contribution in [2.45, 2.75) is 12.8 Å². The molecule has 0 saturated carbocycles. The van der Waals surface area contributed by atoms with Crippen LogP contribution < -0.4 is 25.3 Å². The van der Waals surface area contributed by atoms with Crippen molar-refractivity contribution in [2.24, 2.45) is 5.92 Å². The summed E-state index contributed by atoms with van der Waals surface area (Å²) in [6, 6.07) is 12.5. The highest BCUT2D eigenvalue weighted by Gasteiger charge is 2.28. The molecule has 2 amide bonds. The van der Waals surface area contributed by atoms with Gasteiger partial charge in [0.05, 0.1) is 11.4 Å². The Morgan fingerprint density at radius 3 is 2.47 bits per heavy atom. The number of carbonyl (C=O) groups excluding carboxylic acids is 2. The van der Waals surface area contributed by atoms with Gasteiger partial charge in [-0.2, -0.15) is 0 Å². The highest BCUT2D eigenvalue weighted by molar-refractivity contribution is 5.96. The van der Waals surface area contributed by atoms with Crippen molar-refractivity contribution in [3.05, 3.63) is 42.5 Å². The lowest BCUT2D eigenvalue weighted by Gasteiger charge is -2.31. The van der Waals surface area contributed by atoms with E-state index in [1.54, 1.807) is 17.0 Å². The highest BCUT2D eigenvalue weighted by Crippen LogP contribution is 2.38. The Morgan fingerprint density at radius 1 is 1.10 bits per heavy atom. The third kappa shape index (κ3) is 4.88. The number of nitrogens with one attached hydrogen (secondary N) is 1. The average molecular weight is 434 g/mol. The minimum atomic E-state index is -0.182. The first-order valence-corrected chi connectivity index (χ1v) is 9.56. The Hall–Kier alpha value is -3.13. The maximum Gasteiger partial charge on any atom is 0.260 e. The van der Waals surface area contributed by atoms with E-state index >= 15 is 0 Å². The lowest BCUT2D eigenvalue weighted by molar-refractivity contribution is -0.136. The molecule has 1 fully saturated rings. The molecule has 9 heteroatoms. The van der Waals surface area contributed by atoms with Crippen LogP contribution in [0.4, 0.5) is 11.4 Å². The predicted octanol–water partition coefficient (Wildman–Crippen LogP) is 2.68. The van der Waals surface area contributed by atoms with E-state index in [-0.39, 0.29) is 43.5 Å². The number of benzene rings is 2. The third-order valence-corrected chi connectivity index (χ3v) is 5.13. The number of anilines is 2. The Labute approximate surface area is 180 Å². The third-order valence-electron chi connectivity index (χ3n) is 5.13. The number of nitrogens with two attached hydrogens (primary N) is 1. The summed E-state index contributed by atoms with van der Waals surface area (Å²) in [7, 11) is 0. The fraction of sp³-hybridized carbons (Fsp3) is 0.333. The quantitative estimate of drug-likeness (QED) is 0.703. The summed E-state index contributed by atoms with van der Waals surface area (Å²) in [5.41, 5.74) is 6.93. The molecule has 2 heterocycles. The van der Waals surface area contributed by atoms with E-state index in [2.05, 4.69) is 5.32 Å². The van der Waals surface area contributed by atoms with Gasteiger partial charge in [0.1, 0.15) is 5.75 Å². The summed E-state index contributed by atoms with van der Waals surface area (Å²) in [5.74, 6) is 1.43. The van der Waals surface area contributed by atoms with Gasteiger partial charge in [0.2, 0.25) is 12.7 Å². The number of nitrogens with zero attached hydrogens (tertiary/aromatic N) is 1. The molecule has 0 spiro atoms. The summed E-state index contributed by atoms with van der Waals surface area (Å²) in [6.45, 7) is 1.18. The maximum atomic E-state index is 12.6. The molecule has 160 valence electrons. The van der Waals surface area contributed by atoms with Crippen LogP contribution in [-0.4, -0.2) is 43.2 Å². The molecule has 8 nitrogen and oxygen atoms in total. The summed E-state index contributed by atoms with van der Waals surface area (Å²) in [6.07, 6.45) is 1.18. The smallest absolute Gasteiger partial charge is 0.260 e. The molecule has 4 rings (SSSR count). The van der Waals surface area contributed by atoms with Crippen LogP contribution in [0.5, 0.6) is 17.2 Å². The maximum absolute atomic E-state index is 12.6. The Kier molecular flexibility index (Phi) is 6.89. The van der Waals surface area contributed by atoms with Crippen LogP contribution in [0.2, 0.25) is 0 Å². The zero-order valence-corrected chi connectivity index (χ0v) is 17.2. The number of nitrogen functional groups attached to an aromatic ring is 1. The highest BCUT2D eigenvalue weighted by atomic mass is 35.5. The zero-order valence-electron chi connectivity index (χ0n) is 16.3. The normalized spacial score (nSPS) is 15.3. The largest absolute Gasteiger partial charge is 0.484 e. The second-order valence-electron chi connectivity index (χ2n) is 7.04. The molecule has 1 saturated heterocycles. The molecule has 0 aliphatic carbocycles. The van der Waals surface area contributed by atoms with E-state index in [1.165, 1.54) is 0 Å². The summed E-state index contributed by atoms with van der Waals surface area (Å²) >= 11 is 0. The Bertz CT molecular complexity index is 901. The van der Waals surface area contributed by atoms with E-state index in [4.69, 9.17) is 19.9 Å². The molecular formula is C21H24ClN3O5. The van der Waals surface area contributed by atoms with Crippen molar-refractivity contribution in [3.63, 3.8) is 0 Å². The van der Waals surface area contributed by atoms with Gasteiger partial charge in [-0.15, -0.1) is 12.4 Å². The second kappa shape index (κ2) is 9.58. The molecular weight excluding hydrogens is 410 g/mol. The second-order valence-corrected chi connectivity index (χ2v) is 7.04. The van der Waals surface area contributed by atoms with E-state index in [0.29, 0.717) is 54.6 Å². The fourth-order valence-corrected chi connectivity index (χ4v) is 3.44. The first kappa shape index (κ1) is 21.6. The lowest BCUT2D eigenvalue weighted by Crippen LogP contribution is -2.43. The van der Waals surface area contributed by atoms with Crippen LogP contribution >= 0.6 is 12.4 Å². The van der Waals surface area contributed by atoms with Crippen molar-refractivity contribution >= 4 is 35.6 Å². The fourth-order valence-electron chi connectivity index (χ4n) is 3.44. The van der Waals surface area contributed by atoms with Gasteiger partial charge >= 0.3 is 0 Å². The molecule has 0 unspecified atom stereocenters. The molecule has 0 atom stereocenters. The number of hydrogen-bond acceptors (Lipinski definition) is 6. The Balaban J connectivity index is 0.00000256. The molecule has 3 N–H and O–H groups in total. The Morgan fingerprint density at radius 2 is 1.77 bits per heavy atom.